The number of benzene rings is 1. The molecule has 0 aliphatic heterocycles. The van der Waals surface area contributed by atoms with E-state index in [0.717, 1.165) is 11.3 Å². The van der Waals surface area contributed by atoms with E-state index >= 15 is 0 Å². The highest BCUT2D eigenvalue weighted by Crippen LogP contribution is 2.38. The molecule has 2 aromatic rings. The van der Waals surface area contributed by atoms with Gasteiger partial charge < -0.3 is 9.15 Å². The maximum Gasteiger partial charge on any atom is 0.268 e. The Morgan fingerprint density at radius 3 is 2.32 bits per heavy atom. The van der Waals surface area contributed by atoms with Crippen molar-refractivity contribution >= 4 is 40.4 Å². The van der Waals surface area contributed by atoms with Crippen molar-refractivity contribution < 1.29 is 9.15 Å². The van der Waals surface area contributed by atoms with Gasteiger partial charge in [-0.25, -0.2) is 0 Å². The van der Waals surface area contributed by atoms with Crippen LogP contribution >= 0.6 is 34.8 Å². The van der Waals surface area contributed by atoms with Gasteiger partial charge in [-0.1, -0.05) is 53.5 Å². The molecule has 0 atom stereocenters. The second-order valence-corrected chi connectivity index (χ2v) is 5.90. The maximum absolute atomic E-state index is 5.65. The highest BCUT2D eigenvalue weighted by atomic mass is 35.6. The van der Waals surface area contributed by atoms with Gasteiger partial charge in [0.1, 0.15) is 5.75 Å². The summed E-state index contributed by atoms with van der Waals surface area (Å²) in [6.45, 7) is 3.88. The summed E-state index contributed by atoms with van der Waals surface area (Å²) >= 11 is 17.0. The van der Waals surface area contributed by atoms with Crippen LogP contribution in [0.5, 0.6) is 5.75 Å². The molecular formula is C12H9Cl3N2O2. The Morgan fingerprint density at radius 1 is 1.21 bits per heavy atom. The van der Waals surface area contributed by atoms with Gasteiger partial charge in [0, 0.05) is 5.57 Å². The summed E-state index contributed by atoms with van der Waals surface area (Å²) in [6, 6.07) is 7.24. The molecule has 19 heavy (non-hydrogen) atoms. The lowest BCUT2D eigenvalue weighted by atomic mass is 10.1. The van der Waals surface area contributed by atoms with Crippen LogP contribution in [-0.4, -0.2) is 17.3 Å². The number of hydrogen-bond donors (Lipinski definition) is 0. The minimum atomic E-state index is -1.74. The Labute approximate surface area is 124 Å². The Morgan fingerprint density at radius 2 is 1.84 bits per heavy atom. The highest BCUT2D eigenvalue weighted by molar-refractivity contribution is 6.66. The van der Waals surface area contributed by atoms with Crippen LogP contribution in [-0.2, 0) is 3.79 Å². The molecule has 0 amide bonds. The Kier molecular flexibility index (Phi) is 4.04. The van der Waals surface area contributed by atoms with E-state index in [1.807, 2.05) is 12.1 Å². The van der Waals surface area contributed by atoms with Crippen LogP contribution in [0.1, 0.15) is 17.3 Å². The van der Waals surface area contributed by atoms with Crippen molar-refractivity contribution in [2.24, 2.45) is 0 Å². The van der Waals surface area contributed by atoms with Gasteiger partial charge in [0.2, 0.25) is 5.89 Å². The standard InChI is InChI=1S/C12H9Cl3N2O2/c1-7(8-3-5-9(18-2)6-4-8)10-16-17-11(19-10)12(13,14)15/h3-6H,1H2,2H3. The molecule has 4 nitrogen and oxygen atoms in total. The van der Waals surface area contributed by atoms with Gasteiger partial charge in [0.15, 0.2) is 0 Å². The van der Waals surface area contributed by atoms with Crippen LogP contribution < -0.4 is 4.74 Å². The minimum Gasteiger partial charge on any atom is -0.497 e. The van der Waals surface area contributed by atoms with E-state index in [2.05, 4.69) is 16.8 Å². The largest absolute Gasteiger partial charge is 0.497 e. The number of hydrogen-bond acceptors (Lipinski definition) is 4. The zero-order valence-corrected chi connectivity index (χ0v) is 12.1. The average Bonchev–Trinajstić information content (AvgIpc) is 2.87. The predicted molar refractivity (Wildman–Crippen MR) is 74.7 cm³/mol. The first-order valence-corrected chi connectivity index (χ1v) is 6.29. The molecule has 0 fully saturated rings. The number of alkyl halides is 3. The van der Waals surface area contributed by atoms with Gasteiger partial charge in [-0.15, -0.1) is 10.2 Å². The monoisotopic (exact) mass is 318 g/mol. The minimum absolute atomic E-state index is 0.0952. The van der Waals surface area contributed by atoms with Gasteiger partial charge in [-0.2, -0.15) is 0 Å². The second kappa shape index (κ2) is 5.41. The fourth-order valence-electron chi connectivity index (χ4n) is 1.38. The van der Waals surface area contributed by atoms with E-state index in [9.17, 15) is 0 Å². The molecule has 0 spiro atoms. The Balaban J connectivity index is 2.26. The van der Waals surface area contributed by atoms with Crippen molar-refractivity contribution in [2.45, 2.75) is 3.79 Å². The number of methoxy groups -OCH3 is 1. The first-order chi connectivity index (χ1) is 8.91. The van der Waals surface area contributed by atoms with E-state index in [4.69, 9.17) is 44.0 Å². The molecule has 1 heterocycles. The van der Waals surface area contributed by atoms with Crippen LogP contribution in [0.3, 0.4) is 0 Å². The van der Waals surface area contributed by atoms with Gasteiger partial charge in [-0.3, -0.25) is 0 Å². The third kappa shape index (κ3) is 3.21. The number of rotatable bonds is 3. The molecule has 0 N–H and O–H groups in total. The zero-order chi connectivity index (χ0) is 14.0. The summed E-state index contributed by atoms with van der Waals surface area (Å²) in [5.74, 6) is 0.845. The third-order valence-corrected chi connectivity index (χ3v) is 2.85. The molecule has 0 unspecified atom stereocenters. The van der Waals surface area contributed by atoms with Crippen LogP contribution in [0.4, 0.5) is 0 Å². The van der Waals surface area contributed by atoms with Crippen molar-refractivity contribution in [3.05, 3.63) is 48.2 Å². The molecule has 0 radical (unpaired) electrons. The summed E-state index contributed by atoms with van der Waals surface area (Å²) in [4.78, 5) is 0. The average molecular weight is 320 g/mol. The molecule has 1 aromatic carbocycles. The molecule has 0 bridgehead atoms. The lowest BCUT2D eigenvalue weighted by molar-refractivity contribution is 0.415. The lowest BCUT2D eigenvalue weighted by Gasteiger charge is -2.04. The van der Waals surface area contributed by atoms with Crippen molar-refractivity contribution in [2.75, 3.05) is 7.11 Å². The Hall–Kier alpha value is -1.23. The fraction of sp³-hybridized carbons (Fsp3) is 0.167. The molecule has 1 aromatic heterocycles. The van der Waals surface area contributed by atoms with Crippen LogP contribution in [0.2, 0.25) is 0 Å². The molecular weight excluding hydrogens is 311 g/mol. The van der Waals surface area contributed by atoms with E-state index in [0.29, 0.717) is 5.57 Å². The Bertz CT molecular complexity index is 588. The highest BCUT2D eigenvalue weighted by Gasteiger charge is 2.30. The van der Waals surface area contributed by atoms with E-state index in [1.165, 1.54) is 0 Å². The zero-order valence-electron chi connectivity index (χ0n) is 9.86. The van der Waals surface area contributed by atoms with Crippen LogP contribution in [0.25, 0.3) is 5.57 Å². The summed E-state index contributed by atoms with van der Waals surface area (Å²) in [5.41, 5.74) is 1.34. The van der Waals surface area contributed by atoms with E-state index in [-0.39, 0.29) is 11.8 Å². The van der Waals surface area contributed by atoms with Crippen molar-refractivity contribution in [3.8, 4) is 5.75 Å². The summed E-state index contributed by atoms with van der Waals surface area (Å²) in [5, 5.41) is 7.47. The smallest absolute Gasteiger partial charge is 0.268 e. The fourth-order valence-corrected chi connectivity index (χ4v) is 1.60. The topological polar surface area (TPSA) is 48.2 Å². The first-order valence-electron chi connectivity index (χ1n) is 5.16. The van der Waals surface area contributed by atoms with Crippen molar-refractivity contribution in [1.29, 1.82) is 0 Å². The second-order valence-electron chi connectivity index (χ2n) is 3.62. The lowest BCUT2D eigenvalue weighted by Crippen LogP contribution is -1.99. The molecule has 7 heteroatoms. The summed E-state index contributed by atoms with van der Waals surface area (Å²) < 4.78 is 8.60. The maximum atomic E-state index is 5.65. The molecule has 100 valence electrons. The van der Waals surface area contributed by atoms with Crippen molar-refractivity contribution in [1.82, 2.24) is 10.2 Å². The summed E-state index contributed by atoms with van der Waals surface area (Å²) in [6.07, 6.45) is 0. The van der Waals surface area contributed by atoms with Gasteiger partial charge in [0.25, 0.3) is 9.68 Å². The molecule has 0 aliphatic carbocycles. The normalized spacial score (nSPS) is 11.4. The SMILES string of the molecule is C=C(c1ccc(OC)cc1)c1nnc(C(Cl)(Cl)Cl)o1. The first kappa shape index (κ1) is 14.2. The third-order valence-electron chi connectivity index (χ3n) is 2.36. The number of ether oxygens (including phenoxy) is 1. The van der Waals surface area contributed by atoms with Gasteiger partial charge in [-0.05, 0) is 17.7 Å². The van der Waals surface area contributed by atoms with Gasteiger partial charge in [0.05, 0.1) is 7.11 Å². The molecule has 0 aliphatic rings. The number of aromatic nitrogens is 2. The van der Waals surface area contributed by atoms with E-state index in [1.54, 1.807) is 19.2 Å². The van der Waals surface area contributed by atoms with Crippen LogP contribution in [0.15, 0.2) is 35.3 Å². The number of halogens is 3. The molecule has 0 saturated carbocycles. The van der Waals surface area contributed by atoms with Gasteiger partial charge >= 0.3 is 0 Å². The number of nitrogens with zero attached hydrogens (tertiary/aromatic N) is 2. The summed E-state index contributed by atoms with van der Waals surface area (Å²) in [7, 11) is 1.59. The van der Waals surface area contributed by atoms with E-state index < -0.39 is 3.79 Å². The molecule has 0 saturated heterocycles. The quantitative estimate of drug-likeness (QED) is 0.803. The van der Waals surface area contributed by atoms with Crippen LogP contribution in [0, 0.1) is 0 Å². The predicted octanol–water partition coefficient (Wildman–Crippen LogP) is 3.97. The molecule has 2 rings (SSSR count). The van der Waals surface area contributed by atoms with Crippen molar-refractivity contribution in [3.63, 3.8) is 0 Å².